The van der Waals surface area contributed by atoms with Gasteiger partial charge in [-0.3, -0.25) is 14.9 Å². The van der Waals surface area contributed by atoms with Gasteiger partial charge in [0, 0.05) is 37.8 Å². The first-order valence-electron chi connectivity index (χ1n) is 9.41. The van der Waals surface area contributed by atoms with Gasteiger partial charge in [-0.2, -0.15) is 0 Å². The van der Waals surface area contributed by atoms with Crippen LogP contribution in [0.3, 0.4) is 0 Å². The van der Waals surface area contributed by atoms with E-state index in [4.69, 9.17) is 5.73 Å². The molecule has 3 unspecified atom stereocenters. The number of hydrogen-bond acceptors (Lipinski definition) is 5. The molecule has 2 N–H and O–H groups in total. The molecule has 1 amide bonds. The van der Waals surface area contributed by atoms with E-state index in [0.717, 1.165) is 25.9 Å². The Morgan fingerprint density at radius 2 is 1.96 bits per heavy atom. The number of nitro benzene ring substituents is 1. The highest BCUT2D eigenvalue weighted by molar-refractivity contribution is 5.96. The second-order valence-electron chi connectivity index (χ2n) is 7.95. The largest absolute Gasteiger partial charge is 0.365 e. The number of rotatable bonds is 4. The van der Waals surface area contributed by atoms with Gasteiger partial charge in [0.15, 0.2) is 0 Å². The van der Waals surface area contributed by atoms with Gasteiger partial charge in [0.05, 0.1) is 4.92 Å². The number of hydrogen-bond donors (Lipinski definition) is 1. The van der Waals surface area contributed by atoms with Crippen LogP contribution in [0, 0.1) is 27.9 Å². The molecule has 142 valence electrons. The molecule has 0 radical (unpaired) electrons. The molecule has 2 saturated heterocycles. The predicted molar refractivity (Wildman–Crippen MR) is 101 cm³/mol. The lowest BCUT2D eigenvalue weighted by molar-refractivity contribution is -0.384. The molecule has 2 heterocycles. The summed E-state index contributed by atoms with van der Waals surface area (Å²) >= 11 is 0. The van der Waals surface area contributed by atoms with Crippen molar-refractivity contribution in [2.45, 2.75) is 26.7 Å². The number of nitrogens with two attached hydrogens (primary N) is 1. The summed E-state index contributed by atoms with van der Waals surface area (Å²) in [5.41, 5.74) is 6.71. The molecule has 2 aliphatic rings. The molecular formula is C19H28N4O3. The molecule has 26 heavy (non-hydrogen) atoms. The predicted octanol–water partition coefficient (Wildman–Crippen LogP) is 2.50. The lowest BCUT2D eigenvalue weighted by Gasteiger charge is -2.36. The lowest BCUT2D eigenvalue weighted by atomic mass is 9.91. The summed E-state index contributed by atoms with van der Waals surface area (Å²) in [7, 11) is 0. The zero-order chi connectivity index (χ0) is 18.8. The monoisotopic (exact) mass is 360 g/mol. The summed E-state index contributed by atoms with van der Waals surface area (Å²) in [5, 5.41) is 11.7. The van der Waals surface area contributed by atoms with Gasteiger partial charge in [-0.25, -0.2) is 0 Å². The average Bonchev–Trinajstić information content (AvgIpc) is 3.09. The van der Waals surface area contributed by atoms with E-state index in [-0.39, 0.29) is 16.5 Å². The van der Waals surface area contributed by atoms with Crippen LogP contribution in [0.4, 0.5) is 11.4 Å². The van der Waals surface area contributed by atoms with Gasteiger partial charge in [0.2, 0.25) is 0 Å². The summed E-state index contributed by atoms with van der Waals surface area (Å²) in [6, 6.07) is 4.91. The molecule has 0 spiro atoms. The first-order valence-corrected chi connectivity index (χ1v) is 9.41. The minimum atomic E-state index is -0.372. The Labute approximate surface area is 154 Å². The molecule has 0 aliphatic carbocycles. The van der Waals surface area contributed by atoms with Gasteiger partial charge < -0.3 is 15.5 Å². The van der Waals surface area contributed by atoms with Crippen LogP contribution in [0.25, 0.3) is 0 Å². The minimum absolute atomic E-state index is 0.0201. The molecule has 3 rings (SSSR count). The molecule has 2 aliphatic heterocycles. The molecular weight excluding hydrogens is 332 g/mol. The summed E-state index contributed by atoms with van der Waals surface area (Å²) < 4.78 is 0. The molecule has 0 bridgehead atoms. The number of piperidine rings is 1. The summed E-state index contributed by atoms with van der Waals surface area (Å²) in [4.78, 5) is 27.9. The standard InChI is InChI=1S/C19H28N4O3/c1-13-7-14(2)11-22(10-13)17-4-3-16(8-18(17)23(25)26)19(24)21-6-5-15(9-20)12-21/h3-4,8,13-15H,5-7,9-12,20H2,1-2H3. The van der Waals surface area contributed by atoms with E-state index in [1.807, 2.05) is 0 Å². The number of nitrogens with zero attached hydrogens (tertiary/aromatic N) is 3. The SMILES string of the molecule is CC1CC(C)CN(c2ccc(C(=O)N3CCC(CN)C3)cc2[N+](=O)[O-])C1. The smallest absolute Gasteiger partial charge is 0.293 e. The molecule has 1 aromatic rings. The van der Waals surface area contributed by atoms with Crippen LogP contribution in [0.15, 0.2) is 18.2 Å². The van der Waals surface area contributed by atoms with Crippen LogP contribution >= 0.6 is 0 Å². The zero-order valence-corrected chi connectivity index (χ0v) is 15.6. The average molecular weight is 360 g/mol. The molecule has 7 nitrogen and oxygen atoms in total. The van der Waals surface area contributed by atoms with Crippen molar-refractivity contribution in [3.63, 3.8) is 0 Å². The van der Waals surface area contributed by atoms with Crippen molar-refractivity contribution in [3.8, 4) is 0 Å². The van der Waals surface area contributed by atoms with E-state index in [0.29, 0.717) is 48.6 Å². The third-order valence-corrected chi connectivity index (χ3v) is 5.54. The topological polar surface area (TPSA) is 92.7 Å². The van der Waals surface area contributed by atoms with Gasteiger partial charge in [-0.05, 0) is 49.3 Å². The van der Waals surface area contributed by atoms with Crippen molar-refractivity contribution in [3.05, 3.63) is 33.9 Å². The number of amides is 1. The van der Waals surface area contributed by atoms with Crippen molar-refractivity contribution in [2.75, 3.05) is 37.6 Å². The normalized spacial score (nSPS) is 26.2. The van der Waals surface area contributed by atoms with Crippen LogP contribution in [-0.2, 0) is 0 Å². The quantitative estimate of drug-likeness (QED) is 0.658. The van der Waals surface area contributed by atoms with Crippen molar-refractivity contribution < 1.29 is 9.72 Å². The van der Waals surface area contributed by atoms with Gasteiger partial charge in [-0.15, -0.1) is 0 Å². The molecule has 2 fully saturated rings. The van der Waals surface area contributed by atoms with Crippen LogP contribution in [0.1, 0.15) is 37.0 Å². The first kappa shape index (κ1) is 18.6. The van der Waals surface area contributed by atoms with Crippen molar-refractivity contribution in [2.24, 2.45) is 23.5 Å². The third-order valence-electron chi connectivity index (χ3n) is 5.54. The van der Waals surface area contributed by atoms with Crippen LogP contribution in [0.5, 0.6) is 0 Å². The molecule has 0 saturated carbocycles. The highest BCUT2D eigenvalue weighted by atomic mass is 16.6. The molecule has 7 heteroatoms. The number of carbonyl (C=O) groups is 1. The fraction of sp³-hybridized carbons (Fsp3) is 0.632. The Balaban J connectivity index is 1.85. The molecule has 0 aromatic heterocycles. The van der Waals surface area contributed by atoms with Crippen LogP contribution in [-0.4, -0.2) is 48.5 Å². The number of likely N-dealkylation sites (tertiary alicyclic amines) is 1. The van der Waals surface area contributed by atoms with Gasteiger partial charge in [0.25, 0.3) is 11.6 Å². The number of anilines is 1. The Kier molecular flexibility index (Phi) is 5.46. The van der Waals surface area contributed by atoms with Gasteiger partial charge in [0.1, 0.15) is 5.69 Å². The van der Waals surface area contributed by atoms with Gasteiger partial charge in [-0.1, -0.05) is 13.8 Å². The van der Waals surface area contributed by atoms with E-state index < -0.39 is 0 Å². The first-order chi connectivity index (χ1) is 12.4. The van der Waals surface area contributed by atoms with Crippen molar-refractivity contribution in [1.29, 1.82) is 0 Å². The third kappa shape index (κ3) is 3.82. The molecule has 1 aromatic carbocycles. The summed E-state index contributed by atoms with van der Waals surface area (Å²) in [6.45, 7) is 7.82. The summed E-state index contributed by atoms with van der Waals surface area (Å²) in [5.74, 6) is 1.18. The highest BCUT2D eigenvalue weighted by Crippen LogP contribution is 2.34. The second-order valence-corrected chi connectivity index (χ2v) is 7.95. The number of benzene rings is 1. The maximum absolute atomic E-state index is 12.7. The van der Waals surface area contributed by atoms with Crippen LogP contribution < -0.4 is 10.6 Å². The van der Waals surface area contributed by atoms with Crippen molar-refractivity contribution in [1.82, 2.24) is 4.90 Å². The number of carbonyl (C=O) groups excluding carboxylic acids is 1. The fourth-order valence-corrected chi connectivity index (χ4v) is 4.32. The number of nitro groups is 1. The Hall–Kier alpha value is -2.15. The van der Waals surface area contributed by atoms with E-state index in [9.17, 15) is 14.9 Å². The van der Waals surface area contributed by atoms with E-state index in [2.05, 4.69) is 18.7 Å². The minimum Gasteiger partial charge on any atom is -0.365 e. The highest BCUT2D eigenvalue weighted by Gasteiger charge is 2.30. The van der Waals surface area contributed by atoms with Gasteiger partial charge >= 0.3 is 0 Å². The van der Waals surface area contributed by atoms with E-state index >= 15 is 0 Å². The zero-order valence-electron chi connectivity index (χ0n) is 15.6. The Bertz CT molecular complexity index is 683. The Morgan fingerprint density at radius 1 is 1.27 bits per heavy atom. The maximum atomic E-state index is 12.7. The van der Waals surface area contributed by atoms with Crippen molar-refractivity contribution >= 4 is 17.3 Å². The fourth-order valence-electron chi connectivity index (χ4n) is 4.32. The summed E-state index contributed by atoms with van der Waals surface area (Å²) in [6.07, 6.45) is 2.03. The molecule has 3 atom stereocenters. The Morgan fingerprint density at radius 3 is 2.54 bits per heavy atom. The lowest BCUT2D eigenvalue weighted by Crippen LogP contribution is -2.39. The maximum Gasteiger partial charge on any atom is 0.293 e. The van der Waals surface area contributed by atoms with E-state index in [1.54, 1.807) is 17.0 Å². The van der Waals surface area contributed by atoms with Crippen LogP contribution in [0.2, 0.25) is 0 Å². The van der Waals surface area contributed by atoms with E-state index in [1.165, 1.54) is 6.07 Å². The second kappa shape index (κ2) is 7.61.